The summed E-state index contributed by atoms with van der Waals surface area (Å²) >= 11 is 1.73. The lowest BCUT2D eigenvalue weighted by atomic mass is 9.97. The van der Waals surface area contributed by atoms with Crippen LogP contribution in [0.5, 0.6) is 5.75 Å². The molecule has 5 rings (SSSR count). The summed E-state index contributed by atoms with van der Waals surface area (Å²) in [5.41, 5.74) is 3.05. The van der Waals surface area contributed by atoms with E-state index in [4.69, 9.17) is 4.74 Å². The molecule has 0 aliphatic carbocycles. The van der Waals surface area contributed by atoms with Crippen LogP contribution in [-0.2, 0) is 13.0 Å². The Hall–Kier alpha value is -2.57. The summed E-state index contributed by atoms with van der Waals surface area (Å²) < 4.78 is 5.95. The number of thiophene rings is 1. The van der Waals surface area contributed by atoms with Gasteiger partial charge in [0.25, 0.3) is 5.91 Å². The number of nitrogens with one attached hydrogen (secondary N) is 2. The van der Waals surface area contributed by atoms with E-state index in [1.54, 1.807) is 11.3 Å². The van der Waals surface area contributed by atoms with E-state index in [-0.39, 0.29) is 12.1 Å². The molecule has 0 saturated heterocycles. The topological polar surface area (TPSA) is 53.6 Å². The molecule has 3 aromatic rings. The van der Waals surface area contributed by atoms with Gasteiger partial charge in [-0.3, -0.25) is 9.69 Å². The number of ether oxygens (including phenoxy) is 1. The van der Waals surface area contributed by atoms with Gasteiger partial charge in [0.05, 0.1) is 12.2 Å². The van der Waals surface area contributed by atoms with Crippen LogP contribution in [0, 0.1) is 0 Å². The van der Waals surface area contributed by atoms with E-state index < -0.39 is 0 Å². The molecule has 2 aliphatic rings. The highest BCUT2D eigenvalue weighted by Gasteiger charge is 2.35. The van der Waals surface area contributed by atoms with Gasteiger partial charge in [-0.2, -0.15) is 0 Å². The zero-order valence-electron chi connectivity index (χ0n) is 17.6. The Morgan fingerprint density at radius 3 is 2.83 bits per heavy atom. The van der Waals surface area contributed by atoms with Crippen molar-refractivity contribution in [3.05, 3.63) is 58.0 Å². The Morgan fingerprint density at radius 2 is 2.03 bits per heavy atom. The average Bonchev–Trinajstić information content (AvgIpc) is 3.11. The quantitative estimate of drug-likeness (QED) is 0.628. The molecule has 2 aromatic carbocycles. The number of carbonyl (C=O) groups excluding carboxylic acids is 1. The molecule has 2 aliphatic heterocycles. The number of carbonyl (C=O) groups is 1. The minimum absolute atomic E-state index is 0.0135. The van der Waals surface area contributed by atoms with E-state index >= 15 is 0 Å². The monoisotopic (exact) mass is 421 g/mol. The van der Waals surface area contributed by atoms with Crippen molar-refractivity contribution in [3.8, 4) is 5.75 Å². The molecule has 0 spiro atoms. The van der Waals surface area contributed by atoms with Gasteiger partial charge >= 0.3 is 0 Å². The second-order valence-electron chi connectivity index (χ2n) is 8.20. The molecule has 0 fully saturated rings. The van der Waals surface area contributed by atoms with Crippen molar-refractivity contribution in [1.29, 1.82) is 0 Å². The van der Waals surface area contributed by atoms with E-state index in [2.05, 4.69) is 47.6 Å². The largest absolute Gasteiger partial charge is 0.493 e. The fourth-order valence-corrected chi connectivity index (χ4v) is 5.87. The van der Waals surface area contributed by atoms with Gasteiger partial charge in [0.2, 0.25) is 0 Å². The number of anilines is 1. The summed E-state index contributed by atoms with van der Waals surface area (Å²) in [6.07, 6.45) is 0.608. The van der Waals surface area contributed by atoms with Crippen LogP contribution in [0.3, 0.4) is 0 Å². The van der Waals surface area contributed by atoms with Crippen LogP contribution >= 0.6 is 11.3 Å². The molecule has 5 nitrogen and oxygen atoms in total. The van der Waals surface area contributed by atoms with Gasteiger partial charge in [0, 0.05) is 29.6 Å². The second kappa shape index (κ2) is 7.60. The van der Waals surface area contributed by atoms with Crippen LogP contribution in [0.1, 0.15) is 53.3 Å². The number of rotatable bonds is 4. The molecule has 1 unspecified atom stereocenters. The van der Waals surface area contributed by atoms with Crippen molar-refractivity contribution in [1.82, 2.24) is 10.2 Å². The minimum Gasteiger partial charge on any atom is -0.493 e. The normalized spacial score (nSPS) is 18.7. The molecule has 0 radical (unpaired) electrons. The second-order valence-corrected chi connectivity index (χ2v) is 9.31. The van der Waals surface area contributed by atoms with E-state index in [0.29, 0.717) is 12.6 Å². The summed E-state index contributed by atoms with van der Waals surface area (Å²) in [6.45, 7) is 8.95. The summed E-state index contributed by atoms with van der Waals surface area (Å²) in [5.74, 6) is 0.824. The highest BCUT2D eigenvalue weighted by atomic mass is 32.1. The number of fused-ring (bicyclic) bond motifs is 4. The van der Waals surface area contributed by atoms with E-state index in [1.165, 1.54) is 10.4 Å². The van der Waals surface area contributed by atoms with Gasteiger partial charge in [0.1, 0.15) is 16.9 Å². The van der Waals surface area contributed by atoms with Crippen LogP contribution in [0.25, 0.3) is 10.8 Å². The van der Waals surface area contributed by atoms with Gasteiger partial charge in [-0.1, -0.05) is 30.3 Å². The highest BCUT2D eigenvalue weighted by Crippen LogP contribution is 2.43. The summed E-state index contributed by atoms with van der Waals surface area (Å²) in [7, 11) is 0. The van der Waals surface area contributed by atoms with Crippen LogP contribution < -0.4 is 15.4 Å². The molecule has 2 N–H and O–H groups in total. The van der Waals surface area contributed by atoms with Crippen molar-refractivity contribution in [2.24, 2.45) is 0 Å². The number of hydrogen-bond donors (Lipinski definition) is 2. The molecule has 6 heteroatoms. The zero-order valence-corrected chi connectivity index (χ0v) is 18.4. The lowest BCUT2D eigenvalue weighted by molar-refractivity contribution is 0.0934. The van der Waals surface area contributed by atoms with Crippen LogP contribution in [0.15, 0.2) is 36.4 Å². The Labute approximate surface area is 181 Å². The first-order chi connectivity index (χ1) is 14.6. The first kappa shape index (κ1) is 19.4. The van der Waals surface area contributed by atoms with Crippen molar-refractivity contribution in [3.63, 3.8) is 0 Å². The van der Waals surface area contributed by atoms with Crippen molar-refractivity contribution < 1.29 is 9.53 Å². The van der Waals surface area contributed by atoms with Crippen LogP contribution in [-0.4, -0.2) is 30.0 Å². The average molecular weight is 422 g/mol. The van der Waals surface area contributed by atoms with Gasteiger partial charge in [-0.25, -0.2) is 0 Å². The van der Waals surface area contributed by atoms with Crippen LogP contribution in [0.4, 0.5) is 5.00 Å². The third kappa shape index (κ3) is 3.15. The number of nitrogens with zero attached hydrogens (tertiary/aromatic N) is 1. The lowest BCUT2D eigenvalue weighted by Gasteiger charge is -2.31. The lowest BCUT2D eigenvalue weighted by Crippen LogP contribution is -2.39. The molecule has 30 heavy (non-hydrogen) atoms. The molecule has 3 heterocycles. The van der Waals surface area contributed by atoms with Crippen LogP contribution in [0.2, 0.25) is 0 Å². The van der Waals surface area contributed by atoms with Crippen molar-refractivity contribution >= 4 is 33.0 Å². The molecule has 1 atom stereocenters. The van der Waals surface area contributed by atoms with Gasteiger partial charge < -0.3 is 15.4 Å². The predicted octanol–water partition coefficient (Wildman–Crippen LogP) is 4.92. The fraction of sp³-hybridized carbons (Fsp3) is 0.375. The van der Waals surface area contributed by atoms with E-state index in [0.717, 1.165) is 52.2 Å². The maximum atomic E-state index is 13.2. The van der Waals surface area contributed by atoms with E-state index in [1.807, 2.05) is 25.1 Å². The molecular weight excluding hydrogens is 394 g/mol. The number of benzene rings is 2. The Morgan fingerprint density at radius 1 is 1.20 bits per heavy atom. The van der Waals surface area contributed by atoms with Gasteiger partial charge in [0.15, 0.2) is 0 Å². The SMILES string of the molecule is CCOc1ccc2ccccc2c1C1NC(=O)c2c(sc3c2CCN(C(C)C)C3)N1. The Balaban J connectivity index is 1.56. The molecule has 156 valence electrons. The first-order valence-corrected chi connectivity index (χ1v) is 11.5. The molecule has 0 bridgehead atoms. The third-order valence-electron chi connectivity index (χ3n) is 6.11. The highest BCUT2D eigenvalue weighted by molar-refractivity contribution is 7.16. The van der Waals surface area contributed by atoms with Gasteiger partial charge in [-0.15, -0.1) is 11.3 Å². The van der Waals surface area contributed by atoms with E-state index in [9.17, 15) is 4.79 Å². The molecular formula is C24H27N3O2S. The summed E-state index contributed by atoms with van der Waals surface area (Å²) in [5, 5.41) is 10.0. The summed E-state index contributed by atoms with van der Waals surface area (Å²) in [4.78, 5) is 17.0. The predicted molar refractivity (Wildman–Crippen MR) is 123 cm³/mol. The maximum Gasteiger partial charge on any atom is 0.256 e. The summed E-state index contributed by atoms with van der Waals surface area (Å²) in [6, 6.07) is 12.8. The maximum absolute atomic E-state index is 13.2. The standard InChI is InChI=1S/C24H27N3O2S/c1-4-29-18-10-9-15-7-5-6-8-16(15)20(18)22-25-23(28)21-17-11-12-27(14(2)3)13-19(17)30-24(21)26-22/h5-10,14,22,26H,4,11-13H2,1-3H3,(H,25,28). The third-order valence-corrected chi connectivity index (χ3v) is 7.26. The Bertz CT molecular complexity index is 1120. The molecule has 1 amide bonds. The zero-order chi connectivity index (χ0) is 20.8. The van der Waals surface area contributed by atoms with Crippen molar-refractivity contribution in [2.45, 2.75) is 45.9 Å². The number of hydrogen-bond acceptors (Lipinski definition) is 5. The fourth-order valence-electron chi connectivity index (χ4n) is 4.58. The smallest absolute Gasteiger partial charge is 0.256 e. The minimum atomic E-state index is -0.320. The molecule has 0 saturated carbocycles. The molecule has 1 aromatic heterocycles. The Kier molecular flexibility index (Phi) is 4.91. The van der Waals surface area contributed by atoms with Gasteiger partial charge in [-0.05, 0) is 49.6 Å². The van der Waals surface area contributed by atoms with Crippen molar-refractivity contribution in [2.75, 3.05) is 18.5 Å². The number of amides is 1. The first-order valence-electron chi connectivity index (χ1n) is 10.7.